The van der Waals surface area contributed by atoms with Crippen molar-refractivity contribution in [3.8, 4) is 11.3 Å². The lowest BCUT2D eigenvalue weighted by molar-refractivity contribution is 0.439. The van der Waals surface area contributed by atoms with E-state index in [-0.39, 0.29) is 17.9 Å². The minimum Gasteiger partial charge on any atom is -0.459 e. The van der Waals surface area contributed by atoms with Crippen molar-refractivity contribution in [3.05, 3.63) is 106 Å². The summed E-state index contributed by atoms with van der Waals surface area (Å²) in [5.74, 6) is 1.08. The number of nitrogens with zero attached hydrogens (tertiary/aromatic N) is 2. The average molecular weight is 522 g/mol. The Hall–Kier alpha value is -3.03. The zero-order valence-electron chi connectivity index (χ0n) is 18.0. The van der Waals surface area contributed by atoms with Gasteiger partial charge in [-0.05, 0) is 108 Å². The van der Waals surface area contributed by atoms with E-state index in [9.17, 15) is 4.39 Å². The Morgan fingerprint density at radius 2 is 1.82 bits per heavy atom. The first-order valence-electron chi connectivity index (χ1n) is 10.5. The van der Waals surface area contributed by atoms with Crippen molar-refractivity contribution in [3.63, 3.8) is 0 Å². The Balaban J connectivity index is 1.62. The largest absolute Gasteiger partial charge is 0.459 e. The molecule has 5 rings (SSSR count). The zero-order valence-corrected chi connectivity index (χ0v) is 20.5. The SMILES string of the molecule is Cc1cc(C)cc(N2C(=S)N[C@@H](c3ccccn3)[C@@H]2c2ccc(-c3ccc(F)cc3Br)o2)c1. The van der Waals surface area contributed by atoms with Crippen LogP contribution in [0.2, 0.25) is 0 Å². The molecule has 0 spiro atoms. The number of anilines is 1. The molecule has 1 saturated heterocycles. The normalized spacial score (nSPS) is 17.9. The number of rotatable bonds is 4. The highest BCUT2D eigenvalue weighted by Crippen LogP contribution is 2.43. The van der Waals surface area contributed by atoms with Gasteiger partial charge >= 0.3 is 0 Å². The van der Waals surface area contributed by atoms with Gasteiger partial charge in [-0.3, -0.25) is 4.98 Å². The number of hydrogen-bond acceptors (Lipinski definition) is 3. The Morgan fingerprint density at radius 3 is 2.52 bits per heavy atom. The van der Waals surface area contributed by atoms with Gasteiger partial charge in [0.05, 0.1) is 11.7 Å². The fourth-order valence-electron chi connectivity index (χ4n) is 4.36. The minimum atomic E-state index is -0.307. The number of aromatic nitrogens is 1. The van der Waals surface area contributed by atoms with E-state index in [1.165, 1.54) is 12.1 Å². The number of pyridine rings is 1. The average Bonchev–Trinajstić information content (AvgIpc) is 3.38. The summed E-state index contributed by atoms with van der Waals surface area (Å²) < 4.78 is 20.6. The Labute approximate surface area is 205 Å². The Bertz CT molecular complexity index is 1320. The van der Waals surface area contributed by atoms with Crippen LogP contribution in [0.25, 0.3) is 11.3 Å². The number of halogens is 2. The van der Waals surface area contributed by atoms with Gasteiger partial charge in [-0.15, -0.1) is 0 Å². The quantitative estimate of drug-likeness (QED) is 0.291. The maximum Gasteiger partial charge on any atom is 0.174 e. The van der Waals surface area contributed by atoms with Crippen molar-refractivity contribution in [1.29, 1.82) is 0 Å². The second-order valence-corrected chi connectivity index (χ2v) is 9.41. The molecule has 2 atom stereocenters. The van der Waals surface area contributed by atoms with Gasteiger partial charge in [0, 0.05) is 21.9 Å². The highest BCUT2D eigenvalue weighted by Gasteiger charge is 2.42. The van der Waals surface area contributed by atoms with Crippen LogP contribution in [-0.4, -0.2) is 10.1 Å². The maximum absolute atomic E-state index is 13.6. The second-order valence-electron chi connectivity index (χ2n) is 8.17. The predicted molar refractivity (Wildman–Crippen MR) is 136 cm³/mol. The fourth-order valence-corrected chi connectivity index (χ4v) is 5.25. The monoisotopic (exact) mass is 521 g/mol. The summed E-state index contributed by atoms with van der Waals surface area (Å²) in [5.41, 5.74) is 4.96. The molecule has 33 heavy (non-hydrogen) atoms. The van der Waals surface area contributed by atoms with Crippen LogP contribution in [0.15, 0.2) is 81.8 Å². The third-order valence-corrected chi connectivity index (χ3v) is 6.67. The van der Waals surface area contributed by atoms with Gasteiger partial charge in [-0.1, -0.05) is 12.1 Å². The van der Waals surface area contributed by atoms with Crippen molar-refractivity contribution in [2.45, 2.75) is 25.9 Å². The van der Waals surface area contributed by atoms with E-state index in [4.69, 9.17) is 16.6 Å². The van der Waals surface area contributed by atoms with Crippen molar-refractivity contribution in [1.82, 2.24) is 10.3 Å². The van der Waals surface area contributed by atoms with Gasteiger partial charge in [0.25, 0.3) is 0 Å². The van der Waals surface area contributed by atoms with E-state index in [0.717, 1.165) is 33.8 Å². The lowest BCUT2D eigenvalue weighted by atomic mass is 10.0. The number of benzene rings is 2. The summed E-state index contributed by atoms with van der Waals surface area (Å²) in [6.45, 7) is 4.15. The summed E-state index contributed by atoms with van der Waals surface area (Å²) in [5, 5.41) is 4.06. The molecule has 166 valence electrons. The number of thiocarbonyl (C=S) groups is 1. The Morgan fingerprint density at radius 1 is 1.03 bits per heavy atom. The molecule has 1 aliphatic heterocycles. The number of nitrogens with one attached hydrogen (secondary N) is 1. The second kappa shape index (κ2) is 8.72. The van der Waals surface area contributed by atoms with Crippen LogP contribution >= 0.6 is 28.1 Å². The van der Waals surface area contributed by atoms with E-state index >= 15 is 0 Å². The van der Waals surface area contributed by atoms with E-state index in [1.54, 1.807) is 12.3 Å². The molecule has 4 nitrogen and oxygen atoms in total. The molecule has 0 saturated carbocycles. The lowest BCUT2D eigenvalue weighted by Crippen LogP contribution is -2.29. The Kier molecular flexibility index (Phi) is 5.76. The van der Waals surface area contributed by atoms with Gasteiger partial charge in [0.1, 0.15) is 23.4 Å². The van der Waals surface area contributed by atoms with Gasteiger partial charge < -0.3 is 14.6 Å². The van der Waals surface area contributed by atoms with E-state index in [0.29, 0.717) is 15.3 Å². The molecule has 0 radical (unpaired) electrons. The van der Waals surface area contributed by atoms with Crippen LogP contribution in [0, 0.1) is 19.7 Å². The molecule has 1 fully saturated rings. The molecule has 1 aliphatic rings. The standard InChI is InChI=1S/C26H21BrFN3OS/c1-15-11-16(2)13-18(12-15)31-25(24(30-26(31)33)21-5-3-4-10-29-21)23-9-8-22(32-23)19-7-6-17(28)14-20(19)27/h3-14,24-25H,1-2H3,(H,30,33)/t24-,25-/m0/s1. The van der Waals surface area contributed by atoms with Crippen LogP contribution in [0.1, 0.15) is 34.7 Å². The molecule has 4 aromatic rings. The molecule has 3 heterocycles. The number of furan rings is 1. The van der Waals surface area contributed by atoms with E-state index in [2.05, 4.69) is 63.2 Å². The lowest BCUT2D eigenvalue weighted by Gasteiger charge is -2.26. The maximum atomic E-state index is 13.6. The van der Waals surface area contributed by atoms with Gasteiger partial charge in [-0.2, -0.15) is 0 Å². The van der Waals surface area contributed by atoms with Crippen LogP contribution in [0.3, 0.4) is 0 Å². The number of aryl methyl sites for hydroxylation is 2. The minimum absolute atomic E-state index is 0.199. The summed E-state index contributed by atoms with van der Waals surface area (Å²) in [7, 11) is 0. The van der Waals surface area contributed by atoms with Crippen molar-refractivity contribution < 1.29 is 8.81 Å². The summed E-state index contributed by atoms with van der Waals surface area (Å²) >= 11 is 9.24. The van der Waals surface area contributed by atoms with Crippen LogP contribution in [0.5, 0.6) is 0 Å². The molecule has 1 N–H and O–H groups in total. The van der Waals surface area contributed by atoms with Crippen molar-refractivity contribution >= 4 is 38.9 Å². The molecule has 0 bridgehead atoms. The first-order valence-corrected chi connectivity index (χ1v) is 11.7. The highest BCUT2D eigenvalue weighted by atomic mass is 79.9. The first-order chi connectivity index (χ1) is 15.9. The first kappa shape index (κ1) is 21.8. The van der Waals surface area contributed by atoms with Crippen LogP contribution < -0.4 is 10.2 Å². The smallest absolute Gasteiger partial charge is 0.174 e. The summed E-state index contributed by atoms with van der Waals surface area (Å²) in [6.07, 6.45) is 1.78. The predicted octanol–water partition coefficient (Wildman–Crippen LogP) is 7.04. The van der Waals surface area contributed by atoms with Crippen LogP contribution in [0.4, 0.5) is 10.1 Å². The van der Waals surface area contributed by atoms with Crippen molar-refractivity contribution in [2.24, 2.45) is 0 Å². The molecule has 0 amide bonds. The molecular formula is C26H21BrFN3OS. The molecule has 2 aromatic carbocycles. The third-order valence-electron chi connectivity index (χ3n) is 5.70. The number of hydrogen-bond donors (Lipinski definition) is 1. The van der Waals surface area contributed by atoms with Gasteiger partial charge in [0.2, 0.25) is 0 Å². The third kappa shape index (κ3) is 4.18. The zero-order chi connectivity index (χ0) is 23.1. The van der Waals surface area contributed by atoms with Gasteiger partial charge in [0.15, 0.2) is 5.11 Å². The summed E-state index contributed by atoms with van der Waals surface area (Å²) in [4.78, 5) is 6.68. The molecule has 0 unspecified atom stereocenters. The highest BCUT2D eigenvalue weighted by molar-refractivity contribution is 9.10. The van der Waals surface area contributed by atoms with E-state index in [1.807, 2.05) is 30.3 Å². The van der Waals surface area contributed by atoms with Crippen LogP contribution in [-0.2, 0) is 0 Å². The van der Waals surface area contributed by atoms with Gasteiger partial charge in [-0.25, -0.2) is 4.39 Å². The summed E-state index contributed by atoms with van der Waals surface area (Å²) in [6, 6.07) is 20.2. The molecule has 7 heteroatoms. The molecule has 2 aromatic heterocycles. The molecular weight excluding hydrogens is 501 g/mol. The topological polar surface area (TPSA) is 41.3 Å². The molecule has 0 aliphatic carbocycles. The fraction of sp³-hybridized carbons (Fsp3) is 0.154. The van der Waals surface area contributed by atoms with Crippen molar-refractivity contribution in [2.75, 3.05) is 4.90 Å². The van der Waals surface area contributed by atoms with E-state index < -0.39 is 0 Å².